The third-order valence-corrected chi connectivity index (χ3v) is 2.64. The molecule has 0 aromatic carbocycles. The Morgan fingerprint density at radius 1 is 1.33 bits per heavy atom. The zero-order chi connectivity index (χ0) is 9.41. The molecule has 72 valence electrons. The Labute approximate surface area is 69.9 Å². The minimum atomic E-state index is -4.47. The lowest BCUT2D eigenvalue weighted by atomic mass is 9.94. The summed E-state index contributed by atoms with van der Waals surface area (Å²) < 4.78 is 38.8. The molecule has 12 heavy (non-hydrogen) atoms. The van der Waals surface area contributed by atoms with Gasteiger partial charge in [0.25, 0.3) is 0 Å². The highest BCUT2D eigenvalue weighted by molar-refractivity contribution is 4.95. The lowest BCUT2D eigenvalue weighted by Gasteiger charge is -2.19. The number of hydrogen-bond acceptors (Lipinski definition) is 1. The summed E-state index contributed by atoms with van der Waals surface area (Å²) in [4.78, 5) is 0. The van der Waals surface area contributed by atoms with Crippen LogP contribution in [0.25, 0.3) is 0 Å². The Kier molecular flexibility index (Phi) is 2.38. The Hall–Kier alpha value is -0.250. The van der Waals surface area contributed by atoms with Crippen LogP contribution in [0.5, 0.6) is 0 Å². The molecule has 0 aromatic heterocycles. The van der Waals surface area contributed by atoms with Gasteiger partial charge in [0.15, 0.2) is 0 Å². The van der Waals surface area contributed by atoms with Crippen molar-refractivity contribution in [2.24, 2.45) is 11.3 Å². The van der Waals surface area contributed by atoms with Crippen LogP contribution in [-0.4, -0.2) is 13.0 Å². The first-order valence-electron chi connectivity index (χ1n) is 4.06. The zero-order valence-corrected chi connectivity index (χ0v) is 7.24. The van der Waals surface area contributed by atoms with Gasteiger partial charge in [-0.05, 0) is 24.2 Å². The average molecular weight is 182 g/mol. The highest BCUT2D eigenvalue weighted by atomic mass is 19.4. The van der Waals surface area contributed by atoms with Gasteiger partial charge in [0.2, 0.25) is 0 Å². The molecule has 1 nitrogen and oxygen atoms in total. The summed E-state index contributed by atoms with van der Waals surface area (Å²) in [7, 11) is 0. The van der Waals surface area contributed by atoms with Gasteiger partial charge in [0.1, 0.15) is 0 Å². The van der Waals surface area contributed by atoms with E-state index in [1.54, 1.807) is 0 Å². The first kappa shape index (κ1) is 9.84. The number of halogens is 3. The summed E-state index contributed by atoms with van der Waals surface area (Å²) in [6.45, 7) is 3.70. The molecule has 0 aromatic rings. The van der Waals surface area contributed by atoms with E-state index in [-0.39, 0.29) is 17.9 Å². The second-order valence-corrected chi connectivity index (χ2v) is 3.75. The van der Waals surface area contributed by atoms with Crippen LogP contribution >= 0.6 is 0 Å². The second-order valence-electron chi connectivity index (χ2n) is 3.75. The van der Waals surface area contributed by atoms with Crippen molar-refractivity contribution in [1.82, 2.24) is 0 Å². The molecule has 0 aliphatic heterocycles. The standard InChI is InChI=1S/C8H13F3O/c1-6(2)7(3-4-7)5-12-8(9,10)11/h6H,3-5H2,1-2H3. The molecular weight excluding hydrogens is 169 g/mol. The SMILES string of the molecule is CC(C)C1(COC(F)(F)F)CC1. The van der Waals surface area contributed by atoms with Crippen LogP contribution in [0, 0.1) is 11.3 Å². The molecule has 1 aliphatic carbocycles. The Balaban J connectivity index is 2.32. The number of alkyl halides is 3. The van der Waals surface area contributed by atoms with E-state index in [0.29, 0.717) is 0 Å². The van der Waals surface area contributed by atoms with Crippen molar-refractivity contribution in [2.45, 2.75) is 33.1 Å². The van der Waals surface area contributed by atoms with E-state index >= 15 is 0 Å². The fourth-order valence-corrected chi connectivity index (χ4v) is 1.27. The van der Waals surface area contributed by atoms with Crippen molar-refractivity contribution in [2.75, 3.05) is 6.61 Å². The van der Waals surface area contributed by atoms with Gasteiger partial charge in [-0.15, -0.1) is 13.2 Å². The smallest absolute Gasteiger partial charge is 0.291 e. The molecule has 0 N–H and O–H groups in total. The lowest BCUT2D eigenvalue weighted by Crippen LogP contribution is -2.23. The Morgan fingerprint density at radius 3 is 2.08 bits per heavy atom. The van der Waals surface area contributed by atoms with Gasteiger partial charge in [-0.1, -0.05) is 13.8 Å². The third-order valence-electron chi connectivity index (χ3n) is 2.64. The van der Waals surface area contributed by atoms with Crippen LogP contribution in [-0.2, 0) is 4.74 Å². The van der Waals surface area contributed by atoms with Crippen molar-refractivity contribution in [3.05, 3.63) is 0 Å². The van der Waals surface area contributed by atoms with Crippen molar-refractivity contribution in [1.29, 1.82) is 0 Å². The molecule has 0 saturated heterocycles. The highest BCUT2D eigenvalue weighted by Crippen LogP contribution is 2.52. The molecule has 1 rings (SSSR count). The van der Waals surface area contributed by atoms with Gasteiger partial charge < -0.3 is 0 Å². The van der Waals surface area contributed by atoms with Crippen LogP contribution in [0.2, 0.25) is 0 Å². The van der Waals surface area contributed by atoms with Gasteiger partial charge in [-0.25, -0.2) is 0 Å². The molecule has 0 radical (unpaired) electrons. The van der Waals surface area contributed by atoms with Crippen LogP contribution < -0.4 is 0 Å². The summed E-state index contributed by atoms with van der Waals surface area (Å²) in [5, 5.41) is 0. The minimum absolute atomic E-state index is 0.172. The van der Waals surface area contributed by atoms with Crippen molar-refractivity contribution in [3.63, 3.8) is 0 Å². The van der Waals surface area contributed by atoms with E-state index in [9.17, 15) is 13.2 Å². The third kappa shape index (κ3) is 2.37. The van der Waals surface area contributed by atoms with E-state index in [0.717, 1.165) is 12.8 Å². The molecule has 0 atom stereocenters. The van der Waals surface area contributed by atoms with E-state index < -0.39 is 6.36 Å². The maximum Gasteiger partial charge on any atom is 0.522 e. The van der Waals surface area contributed by atoms with E-state index in [4.69, 9.17) is 0 Å². The van der Waals surface area contributed by atoms with Gasteiger partial charge in [-0.3, -0.25) is 4.74 Å². The van der Waals surface area contributed by atoms with Gasteiger partial charge >= 0.3 is 6.36 Å². The maximum absolute atomic E-state index is 11.7. The van der Waals surface area contributed by atoms with Crippen LogP contribution in [0.3, 0.4) is 0 Å². The second kappa shape index (κ2) is 2.91. The fraction of sp³-hybridized carbons (Fsp3) is 1.00. The first-order valence-corrected chi connectivity index (χ1v) is 4.06. The number of ether oxygens (including phenoxy) is 1. The van der Waals surface area contributed by atoms with Gasteiger partial charge in [0.05, 0.1) is 6.61 Å². The summed E-state index contributed by atoms with van der Waals surface area (Å²) >= 11 is 0. The summed E-state index contributed by atoms with van der Waals surface area (Å²) in [5.74, 6) is 0.278. The molecule has 0 heterocycles. The summed E-state index contributed by atoms with van der Waals surface area (Å²) in [6.07, 6.45) is -2.74. The maximum atomic E-state index is 11.7. The molecular formula is C8H13F3O. The molecule has 1 aliphatic rings. The zero-order valence-electron chi connectivity index (χ0n) is 7.24. The quantitative estimate of drug-likeness (QED) is 0.652. The van der Waals surface area contributed by atoms with Gasteiger partial charge in [-0.2, -0.15) is 0 Å². The van der Waals surface area contributed by atoms with Crippen LogP contribution in [0.1, 0.15) is 26.7 Å². The predicted molar refractivity (Wildman–Crippen MR) is 38.5 cm³/mol. The predicted octanol–water partition coefficient (Wildman–Crippen LogP) is 2.96. The highest BCUT2D eigenvalue weighted by Gasteiger charge is 2.48. The summed E-state index contributed by atoms with van der Waals surface area (Å²) in [5.41, 5.74) is -0.185. The van der Waals surface area contributed by atoms with E-state index in [1.807, 2.05) is 13.8 Å². The normalized spacial score (nSPS) is 21.5. The molecule has 1 fully saturated rings. The Morgan fingerprint density at radius 2 is 1.83 bits per heavy atom. The fourth-order valence-electron chi connectivity index (χ4n) is 1.27. The topological polar surface area (TPSA) is 9.23 Å². The molecule has 0 unspecified atom stereocenters. The monoisotopic (exact) mass is 182 g/mol. The number of rotatable bonds is 3. The largest absolute Gasteiger partial charge is 0.522 e. The van der Waals surface area contributed by atoms with E-state index in [1.165, 1.54) is 0 Å². The minimum Gasteiger partial charge on any atom is -0.291 e. The van der Waals surface area contributed by atoms with Crippen molar-refractivity contribution in [3.8, 4) is 0 Å². The van der Waals surface area contributed by atoms with Crippen molar-refractivity contribution < 1.29 is 17.9 Å². The average Bonchev–Trinajstić information content (AvgIpc) is 2.61. The molecule has 1 saturated carbocycles. The molecule has 4 heteroatoms. The Bertz CT molecular complexity index is 158. The molecule has 0 amide bonds. The van der Waals surface area contributed by atoms with Crippen LogP contribution in [0.15, 0.2) is 0 Å². The van der Waals surface area contributed by atoms with Gasteiger partial charge in [0, 0.05) is 0 Å². The first-order chi connectivity index (χ1) is 5.36. The van der Waals surface area contributed by atoms with Crippen molar-refractivity contribution >= 4 is 0 Å². The summed E-state index contributed by atoms with van der Waals surface area (Å²) in [6, 6.07) is 0. The van der Waals surface area contributed by atoms with E-state index in [2.05, 4.69) is 4.74 Å². The lowest BCUT2D eigenvalue weighted by molar-refractivity contribution is -0.330. The molecule has 0 spiro atoms. The molecule has 0 bridgehead atoms. The van der Waals surface area contributed by atoms with Crippen LogP contribution in [0.4, 0.5) is 13.2 Å². The number of hydrogen-bond donors (Lipinski definition) is 0.